The van der Waals surface area contributed by atoms with Crippen LogP contribution in [0.25, 0.3) is 0 Å². The van der Waals surface area contributed by atoms with Gasteiger partial charge in [-0.25, -0.2) is 0 Å². The second-order valence-electron chi connectivity index (χ2n) is 4.08. The summed E-state index contributed by atoms with van der Waals surface area (Å²) in [4.78, 5) is 24.8. The Labute approximate surface area is 96.6 Å². The maximum atomic E-state index is 12.0. The van der Waals surface area contributed by atoms with E-state index in [-0.39, 0.29) is 24.4 Å². The molecule has 1 saturated heterocycles. The summed E-state index contributed by atoms with van der Waals surface area (Å²) in [7, 11) is 1.59. The Morgan fingerprint density at radius 3 is 2.94 bits per heavy atom. The van der Waals surface area contributed by atoms with Gasteiger partial charge >= 0.3 is 0 Å². The molecule has 0 bridgehead atoms. The van der Waals surface area contributed by atoms with Crippen molar-refractivity contribution in [3.05, 3.63) is 0 Å². The number of likely N-dealkylation sites (N-methyl/N-ethyl adjacent to an activating group) is 1. The number of carbonyl (C=O) groups excluding carboxylic acids is 2. The van der Waals surface area contributed by atoms with Gasteiger partial charge in [-0.15, -0.1) is 0 Å². The van der Waals surface area contributed by atoms with E-state index in [1.54, 1.807) is 11.9 Å². The Morgan fingerprint density at radius 2 is 2.31 bits per heavy atom. The molecule has 0 spiro atoms. The standard InChI is InChI=1S/C11H21N3O2/c1-3-6-13-9-5-4-7-14(11(9)16)8-10(15)12-2/h9,13H,3-8H2,1-2H3,(H,12,15). The monoisotopic (exact) mass is 227 g/mol. The molecule has 0 saturated carbocycles. The molecule has 5 heteroatoms. The molecule has 1 atom stereocenters. The highest BCUT2D eigenvalue weighted by Gasteiger charge is 2.28. The second kappa shape index (κ2) is 6.48. The largest absolute Gasteiger partial charge is 0.358 e. The molecule has 1 aliphatic heterocycles. The van der Waals surface area contributed by atoms with Crippen molar-refractivity contribution in [3.63, 3.8) is 0 Å². The van der Waals surface area contributed by atoms with Crippen molar-refractivity contribution in [2.45, 2.75) is 32.2 Å². The number of carbonyl (C=O) groups is 2. The number of rotatable bonds is 5. The van der Waals surface area contributed by atoms with Crippen LogP contribution in [0.1, 0.15) is 26.2 Å². The minimum atomic E-state index is -0.107. The van der Waals surface area contributed by atoms with Crippen LogP contribution in [0.3, 0.4) is 0 Å². The first kappa shape index (κ1) is 13.0. The average molecular weight is 227 g/mol. The smallest absolute Gasteiger partial charge is 0.240 e. The predicted molar refractivity (Wildman–Crippen MR) is 62.0 cm³/mol. The molecule has 0 aromatic carbocycles. The lowest BCUT2D eigenvalue weighted by molar-refractivity contribution is -0.139. The highest BCUT2D eigenvalue weighted by Crippen LogP contribution is 2.11. The third-order valence-electron chi connectivity index (χ3n) is 2.78. The molecule has 1 heterocycles. The first-order chi connectivity index (χ1) is 7.69. The maximum Gasteiger partial charge on any atom is 0.240 e. The van der Waals surface area contributed by atoms with Gasteiger partial charge < -0.3 is 15.5 Å². The Morgan fingerprint density at radius 1 is 1.56 bits per heavy atom. The van der Waals surface area contributed by atoms with E-state index in [1.807, 2.05) is 0 Å². The van der Waals surface area contributed by atoms with E-state index in [0.717, 1.165) is 25.8 Å². The van der Waals surface area contributed by atoms with E-state index >= 15 is 0 Å². The van der Waals surface area contributed by atoms with Gasteiger partial charge in [0.1, 0.15) is 0 Å². The van der Waals surface area contributed by atoms with Crippen LogP contribution in [-0.2, 0) is 9.59 Å². The summed E-state index contributed by atoms with van der Waals surface area (Å²) >= 11 is 0. The lowest BCUT2D eigenvalue weighted by atomic mass is 10.0. The van der Waals surface area contributed by atoms with Gasteiger partial charge in [0.2, 0.25) is 11.8 Å². The van der Waals surface area contributed by atoms with Crippen LogP contribution in [0.2, 0.25) is 0 Å². The SMILES string of the molecule is CCCNC1CCCN(CC(=O)NC)C1=O. The summed E-state index contributed by atoms with van der Waals surface area (Å²) < 4.78 is 0. The number of amides is 2. The lowest BCUT2D eigenvalue weighted by Gasteiger charge is -2.32. The molecule has 2 N–H and O–H groups in total. The summed E-state index contributed by atoms with van der Waals surface area (Å²) in [5.41, 5.74) is 0. The molecule has 1 unspecified atom stereocenters. The number of piperidine rings is 1. The molecule has 0 aliphatic carbocycles. The van der Waals surface area contributed by atoms with E-state index in [0.29, 0.717) is 6.54 Å². The summed E-state index contributed by atoms with van der Waals surface area (Å²) in [5, 5.41) is 5.76. The normalized spacial score (nSPS) is 21.0. The van der Waals surface area contributed by atoms with Crippen molar-refractivity contribution in [2.24, 2.45) is 0 Å². The highest BCUT2D eigenvalue weighted by molar-refractivity contribution is 5.87. The Kier molecular flexibility index (Phi) is 5.25. The zero-order valence-corrected chi connectivity index (χ0v) is 10.1. The number of hydrogen-bond donors (Lipinski definition) is 2. The minimum absolute atomic E-state index is 0.0586. The topological polar surface area (TPSA) is 61.4 Å². The molecule has 2 amide bonds. The fourth-order valence-corrected chi connectivity index (χ4v) is 1.86. The van der Waals surface area contributed by atoms with Crippen molar-refractivity contribution in [1.82, 2.24) is 15.5 Å². The second-order valence-corrected chi connectivity index (χ2v) is 4.08. The molecule has 0 aromatic rings. The first-order valence-electron chi connectivity index (χ1n) is 5.91. The Bertz CT molecular complexity index is 256. The number of nitrogens with zero attached hydrogens (tertiary/aromatic N) is 1. The first-order valence-corrected chi connectivity index (χ1v) is 5.91. The average Bonchev–Trinajstić information content (AvgIpc) is 2.30. The maximum absolute atomic E-state index is 12.0. The fourth-order valence-electron chi connectivity index (χ4n) is 1.86. The van der Waals surface area contributed by atoms with E-state index in [2.05, 4.69) is 17.6 Å². The van der Waals surface area contributed by atoms with Gasteiger partial charge in [-0.05, 0) is 25.8 Å². The van der Waals surface area contributed by atoms with Gasteiger partial charge in [0.15, 0.2) is 0 Å². The summed E-state index contributed by atoms with van der Waals surface area (Å²) in [5.74, 6) is -0.0483. The molecular formula is C11H21N3O2. The molecule has 16 heavy (non-hydrogen) atoms. The predicted octanol–water partition coefficient (Wildman–Crippen LogP) is -0.277. The van der Waals surface area contributed by atoms with E-state index in [9.17, 15) is 9.59 Å². The Balaban J connectivity index is 2.46. The molecule has 0 radical (unpaired) electrons. The van der Waals surface area contributed by atoms with Gasteiger partial charge in [0, 0.05) is 13.6 Å². The molecule has 1 fully saturated rings. The molecule has 1 aliphatic rings. The van der Waals surface area contributed by atoms with Crippen molar-refractivity contribution < 1.29 is 9.59 Å². The van der Waals surface area contributed by atoms with Gasteiger partial charge in [0.05, 0.1) is 12.6 Å². The molecule has 1 rings (SSSR count). The van der Waals surface area contributed by atoms with E-state index in [1.165, 1.54) is 0 Å². The fraction of sp³-hybridized carbons (Fsp3) is 0.818. The van der Waals surface area contributed by atoms with E-state index in [4.69, 9.17) is 0 Å². The number of nitrogens with one attached hydrogen (secondary N) is 2. The van der Waals surface area contributed by atoms with Gasteiger partial charge in [-0.2, -0.15) is 0 Å². The highest BCUT2D eigenvalue weighted by atomic mass is 16.2. The third kappa shape index (κ3) is 3.48. The van der Waals surface area contributed by atoms with Crippen molar-refractivity contribution in [1.29, 1.82) is 0 Å². The van der Waals surface area contributed by atoms with E-state index < -0.39 is 0 Å². The van der Waals surface area contributed by atoms with Crippen molar-refractivity contribution in [3.8, 4) is 0 Å². The molecule has 5 nitrogen and oxygen atoms in total. The zero-order valence-electron chi connectivity index (χ0n) is 10.1. The molecular weight excluding hydrogens is 206 g/mol. The lowest BCUT2D eigenvalue weighted by Crippen LogP contribution is -2.53. The molecule has 92 valence electrons. The van der Waals surface area contributed by atoms with Gasteiger partial charge in [-0.3, -0.25) is 9.59 Å². The van der Waals surface area contributed by atoms with Crippen molar-refractivity contribution >= 4 is 11.8 Å². The van der Waals surface area contributed by atoms with Gasteiger partial charge in [-0.1, -0.05) is 6.92 Å². The number of hydrogen-bond acceptors (Lipinski definition) is 3. The summed E-state index contributed by atoms with van der Waals surface area (Å²) in [6.45, 7) is 3.79. The quantitative estimate of drug-likeness (QED) is 0.679. The van der Waals surface area contributed by atoms with Crippen LogP contribution in [0, 0.1) is 0 Å². The van der Waals surface area contributed by atoms with Crippen LogP contribution >= 0.6 is 0 Å². The van der Waals surface area contributed by atoms with Crippen LogP contribution in [0.15, 0.2) is 0 Å². The third-order valence-corrected chi connectivity index (χ3v) is 2.78. The summed E-state index contributed by atoms with van der Waals surface area (Å²) in [6, 6.07) is -0.0987. The van der Waals surface area contributed by atoms with Crippen LogP contribution < -0.4 is 10.6 Å². The molecule has 0 aromatic heterocycles. The Hall–Kier alpha value is -1.10. The van der Waals surface area contributed by atoms with Gasteiger partial charge in [0.25, 0.3) is 0 Å². The van der Waals surface area contributed by atoms with Crippen molar-refractivity contribution in [2.75, 3.05) is 26.7 Å². The minimum Gasteiger partial charge on any atom is -0.358 e. The van der Waals surface area contributed by atoms with Crippen LogP contribution in [0.5, 0.6) is 0 Å². The zero-order chi connectivity index (χ0) is 12.0. The van der Waals surface area contributed by atoms with Crippen LogP contribution in [-0.4, -0.2) is 49.4 Å². The number of likely N-dealkylation sites (tertiary alicyclic amines) is 1. The van der Waals surface area contributed by atoms with Crippen LogP contribution in [0.4, 0.5) is 0 Å². The summed E-state index contributed by atoms with van der Waals surface area (Å²) in [6.07, 6.45) is 2.85.